The molecule has 90 valence electrons. The van der Waals surface area contributed by atoms with E-state index in [1.54, 1.807) is 12.4 Å². The highest BCUT2D eigenvalue weighted by molar-refractivity contribution is 5.30. The van der Waals surface area contributed by atoms with Crippen LogP contribution in [0, 0.1) is 6.92 Å². The van der Waals surface area contributed by atoms with Crippen molar-refractivity contribution in [3.63, 3.8) is 0 Å². The van der Waals surface area contributed by atoms with Gasteiger partial charge in [0.25, 0.3) is 0 Å². The molecule has 0 aliphatic carbocycles. The minimum absolute atomic E-state index is 0.662. The smallest absolute Gasteiger partial charge is 0.144 e. The molecule has 0 radical (unpaired) electrons. The number of aromatic nitrogens is 4. The number of rotatable bonds is 5. The second-order valence-corrected chi connectivity index (χ2v) is 3.97. The van der Waals surface area contributed by atoms with Gasteiger partial charge in [0.2, 0.25) is 0 Å². The first-order chi connectivity index (χ1) is 8.28. The van der Waals surface area contributed by atoms with Gasteiger partial charge < -0.3 is 5.32 Å². The van der Waals surface area contributed by atoms with Crippen LogP contribution in [0.5, 0.6) is 0 Å². The van der Waals surface area contributed by atoms with Crippen molar-refractivity contribution in [3.05, 3.63) is 36.0 Å². The zero-order valence-corrected chi connectivity index (χ0v) is 10.2. The molecule has 5 heteroatoms. The van der Waals surface area contributed by atoms with Gasteiger partial charge in [-0.15, -0.1) is 0 Å². The molecule has 2 heterocycles. The monoisotopic (exact) mass is 231 g/mol. The van der Waals surface area contributed by atoms with E-state index in [2.05, 4.69) is 27.3 Å². The first-order valence-corrected chi connectivity index (χ1v) is 5.83. The fourth-order valence-corrected chi connectivity index (χ4v) is 1.50. The molecule has 0 spiro atoms. The van der Waals surface area contributed by atoms with Crippen LogP contribution in [0.15, 0.2) is 24.7 Å². The predicted molar refractivity (Wildman–Crippen MR) is 66.9 cm³/mol. The van der Waals surface area contributed by atoms with E-state index in [9.17, 15) is 0 Å². The van der Waals surface area contributed by atoms with Gasteiger partial charge in [-0.1, -0.05) is 6.92 Å². The first kappa shape index (κ1) is 11.6. The topological polar surface area (TPSA) is 55.6 Å². The average Bonchev–Trinajstić information content (AvgIpc) is 2.74. The van der Waals surface area contributed by atoms with Crippen LogP contribution >= 0.6 is 0 Å². The molecule has 5 nitrogen and oxygen atoms in total. The van der Waals surface area contributed by atoms with Crippen molar-refractivity contribution in [2.75, 3.05) is 11.9 Å². The van der Waals surface area contributed by atoms with Gasteiger partial charge in [0.05, 0.1) is 30.3 Å². The Morgan fingerprint density at radius 1 is 1.29 bits per heavy atom. The molecule has 0 atom stereocenters. The van der Waals surface area contributed by atoms with Crippen molar-refractivity contribution in [2.45, 2.75) is 26.8 Å². The molecule has 2 aromatic heterocycles. The minimum atomic E-state index is 0.662. The fraction of sp³-hybridized carbons (Fsp3) is 0.417. The molecule has 0 fully saturated rings. The molecule has 2 aromatic rings. The normalized spacial score (nSPS) is 10.5. The molecule has 0 saturated carbocycles. The van der Waals surface area contributed by atoms with Crippen molar-refractivity contribution in [3.8, 4) is 0 Å². The van der Waals surface area contributed by atoms with E-state index in [1.165, 1.54) is 0 Å². The summed E-state index contributed by atoms with van der Waals surface area (Å²) in [6.45, 7) is 5.68. The zero-order valence-electron chi connectivity index (χ0n) is 10.2. The van der Waals surface area contributed by atoms with Crippen LogP contribution in [0.1, 0.15) is 24.7 Å². The summed E-state index contributed by atoms with van der Waals surface area (Å²) in [4.78, 5) is 8.65. The Hall–Kier alpha value is -1.91. The molecule has 0 aromatic carbocycles. The Bertz CT molecular complexity index is 460. The lowest BCUT2D eigenvalue weighted by atomic mass is 10.4. The summed E-state index contributed by atoms with van der Waals surface area (Å²) in [5.41, 5.74) is 1.93. The molecule has 2 rings (SSSR count). The summed E-state index contributed by atoms with van der Waals surface area (Å²) < 4.78 is 1.86. The molecule has 0 bridgehead atoms. The van der Waals surface area contributed by atoms with E-state index in [0.29, 0.717) is 6.54 Å². The second kappa shape index (κ2) is 5.43. The molecular formula is C12H17N5. The van der Waals surface area contributed by atoms with E-state index < -0.39 is 0 Å². The summed E-state index contributed by atoms with van der Waals surface area (Å²) in [5, 5.41) is 7.50. The van der Waals surface area contributed by atoms with Gasteiger partial charge in [0.1, 0.15) is 5.82 Å². The van der Waals surface area contributed by atoms with Crippen LogP contribution in [0.25, 0.3) is 0 Å². The maximum Gasteiger partial charge on any atom is 0.144 e. The maximum absolute atomic E-state index is 4.35. The molecular weight excluding hydrogens is 214 g/mol. The molecule has 1 N–H and O–H groups in total. The minimum Gasteiger partial charge on any atom is -0.369 e. The highest BCUT2D eigenvalue weighted by Crippen LogP contribution is 2.03. The van der Waals surface area contributed by atoms with Crippen LogP contribution in [-0.4, -0.2) is 26.3 Å². The summed E-state index contributed by atoms with van der Waals surface area (Å²) >= 11 is 0. The van der Waals surface area contributed by atoms with Gasteiger partial charge in [-0.3, -0.25) is 9.67 Å². The van der Waals surface area contributed by atoms with Gasteiger partial charge in [-0.05, 0) is 19.4 Å². The lowest BCUT2D eigenvalue weighted by Crippen LogP contribution is -2.06. The number of nitrogens with zero attached hydrogens (tertiary/aromatic N) is 4. The molecule has 0 unspecified atom stereocenters. The van der Waals surface area contributed by atoms with Crippen molar-refractivity contribution in [1.29, 1.82) is 0 Å². The Morgan fingerprint density at radius 3 is 2.76 bits per heavy atom. The van der Waals surface area contributed by atoms with Crippen molar-refractivity contribution in [2.24, 2.45) is 0 Å². The standard InChI is InChI=1S/C12H17N5/c1-3-5-13-12-8-14-11(7-15-12)9-17-6-4-10(2)16-17/h4,6-8H,3,5,9H2,1-2H3,(H,13,15). The Balaban J connectivity index is 1.98. The molecule has 0 aliphatic heterocycles. The van der Waals surface area contributed by atoms with E-state index in [4.69, 9.17) is 0 Å². The lowest BCUT2D eigenvalue weighted by molar-refractivity contribution is 0.663. The van der Waals surface area contributed by atoms with E-state index >= 15 is 0 Å². The van der Waals surface area contributed by atoms with Gasteiger partial charge in [0.15, 0.2) is 0 Å². The van der Waals surface area contributed by atoms with Crippen molar-refractivity contribution in [1.82, 2.24) is 19.7 Å². The number of anilines is 1. The summed E-state index contributed by atoms with van der Waals surface area (Å²) in [5.74, 6) is 0.826. The average molecular weight is 231 g/mol. The van der Waals surface area contributed by atoms with E-state index in [-0.39, 0.29) is 0 Å². The summed E-state index contributed by atoms with van der Waals surface area (Å²) in [6, 6.07) is 1.98. The van der Waals surface area contributed by atoms with Crippen LogP contribution in [-0.2, 0) is 6.54 Å². The molecule has 17 heavy (non-hydrogen) atoms. The largest absolute Gasteiger partial charge is 0.369 e. The fourth-order valence-electron chi connectivity index (χ4n) is 1.50. The van der Waals surface area contributed by atoms with Crippen molar-refractivity contribution >= 4 is 5.82 Å². The second-order valence-electron chi connectivity index (χ2n) is 3.97. The molecule has 0 saturated heterocycles. The van der Waals surface area contributed by atoms with Crippen molar-refractivity contribution < 1.29 is 0 Å². The predicted octanol–water partition coefficient (Wildman–Crippen LogP) is 1.85. The molecule has 0 amide bonds. The Labute approximate surface area is 101 Å². The van der Waals surface area contributed by atoms with Gasteiger partial charge >= 0.3 is 0 Å². The Kier molecular flexibility index (Phi) is 3.69. The summed E-state index contributed by atoms with van der Waals surface area (Å²) in [7, 11) is 0. The van der Waals surface area contributed by atoms with Gasteiger partial charge in [-0.25, -0.2) is 4.98 Å². The zero-order chi connectivity index (χ0) is 12.1. The van der Waals surface area contributed by atoms with E-state index in [0.717, 1.165) is 30.2 Å². The number of hydrogen-bond acceptors (Lipinski definition) is 4. The van der Waals surface area contributed by atoms with Crippen LogP contribution < -0.4 is 5.32 Å². The third kappa shape index (κ3) is 3.27. The lowest BCUT2D eigenvalue weighted by Gasteiger charge is -2.04. The van der Waals surface area contributed by atoms with Crippen LogP contribution in [0.3, 0.4) is 0 Å². The SMILES string of the molecule is CCCNc1cnc(Cn2ccc(C)n2)cn1. The Morgan fingerprint density at radius 2 is 2.18 bits per heavy atom. The van der Waals surface area contributed by atoms with Gasteiger partial charge in [-0.2, -0.15) is 5.10 Å². The highest BCUT2D eigenvalue weighted by Gasteiger charge is 1.99. The van der Waals surface area contributed by atoms with Gasteiger partial charge in [0, 0.05) is 12.7 Å². The number of aryl methyl sites for hydroxylation is 1. The van der Waals surface area contributed by atoms with Crippen LogP contribution in [0.4, 0.5) is 5.82 Å². The quantitative estimate of drug-likeness (QED) is 0.853. The number of hydrogen-bond donors (Lipinski definition) is 1. The first-order valence-electron chi connectivity index (χ1n) is 5.83. The third-order valence-corrected chi connectivity index (χ3v) is 2.36. The summed E-state index contributed by atoms with van der Waals surface area (Å²) in [6.07, 6.45) is 6.58. The molecule has 0 aliphatic rings. The number of nitrogens with one attached hydrogen (secondary N) is 1. The van der Waals surface area contributed by atoms with Crippen LogP contribution in [0.2, 0.25) is 0 Å². The maximum atomic E-state index is 4.35. The third-order valence-electron chi connectivity index (χ3n) is 2.36. The van der Waals surface area contributed by atoms with E-state index in [1.807, 2.05) is 23.9 Å². The highest BCUT2D eigenvalue weighted by atomic mass is 15.3.